The summed E-state index contributed by atoms with van der Waals surface area (Å²) in [6.45, 7) is 5.81. The first-order valence-corrected chi connectivity index (χ1v) is 6.35. The van der Waals surface area contributed by atoms with Crippen molar-refractivity contribution in [2.75, 3.05) is 0 Å². The number of nitro benzene ring substituents is 1. The maximum Gasteiger partial charge on any atom is 0.280 e. The number of hydrogen-bond donors (Lipinski definition) is 1. The van der Waals surface area contributed by atoms with Crippen LogP contribution in [-0.4, -0.2) is 19.7 Å². The SMILES string of the molecule is CC(C)(C)n1c(CN)nnc1-c1cc(F)ccc1[N+](=O)[O-]. The van der Waals surface area contributed by atoms with Crippen LogP contribution in [0.15, 0.2) is 18.2 Å². The fourth-order valence-electron chi connectivity index (χ4n) is 2.17. The number of aromatic nitrogens is 3. The molecule has 0 saturated carbocycles. The second-order valence-electron chi connectivity index (χ2n) is 5.57. The van der Waals surface area contributed by atoms with Gasteiger partial charge in [0.15, 0.2) is 5.82 Å². The largest absolute Gasteiger partial charge is 0.324 e. The van der Waals surface area contributed by atoms with Crippen LogP contribution in [-0.2, 0) is 12.1 Å². The molecule has 0 aliphatic carbocycles. The van der Waals surface area contributed by atoms with Gasteiger partial charge in [-0.3, -0.25) is 10.1 Å². The molecule has 0 aliphatic heterocycles. The van der Waals surface area contributed by atoms with E-state index in [1.54, 1.807) is 4.57 Å². The Bertz CT molecular complexity index is 690. The minimum Gasteiger partial charge on any atom is -0.324 e. The molecular formula is C13H16FN5O2. The number of hydrogen-bond acceptors (Lipinski definition) is 5. The third-order valence-corrected chi connectivity index (χ3v) is 2.98. The summed E-state index contributed by atoms with van der Waals surface area (Å²) in [4.78, 5) is 10.6. The third kappa shape index (κ3) is 2.75. The Hall–Kier alpha value is -2.35. The summed E-state index contributed by atoms with van der Waals surface area (Å²) in [7, 11) is 0. The van der Waals surface area contributed by atoms with Crippen LogP contribution < -0.4 is 5.73 Å². The van der Waals surface area contributed by atoms with Gasteiger partial charge in [-0.1, -0.05) is 0 Å². The lowest BCUT2D eigenvalue weighted by atomic mass is 10.1. The van der Waals surface area contributed by atoms with Gasteiger partial charge in [0.25, 0.3) is 5.69 Å². The smallest absolute Gasteiger partial charge is 0.280 e. The fourth-order valence-corrected chi connectivity index (χ4v) is 2.17. The number of nitro groups is 1. The molecule has 0 amide bonds. The molecule has 2 rings (SSSR count). The Morgan fingerprint density at radius 3 is 2.57 bits per heavy atom. The van der Waals surface area contributed by atoms with Crippen LogP contribution in [0.1, 0.15) is 26.6 Å². The summed E-state index contributed by atoms with van der Waals surface area (Å²) in [6, 6.07) is 3.25. The standard InChI is InChI=1S/C13H16FN5O2/c1-13(2,3)18-11(7-15)16-17-12(18)9-6-8(14)4-5-10(9)19(20)21/h4-6H,7,15H2,1-3H3. The molecule has 0 bridgehead atoms. The lowest BCUT2D eigenvalue weighted by molar-refractivity contribution is -0.384. The molecule has 0 spiro atoms. The fraction of sp³-hybridized carbons (Fsp3) is 0.385. The summed E-state index contributed by atoms with van der Waals surface area (Å²) in [6.07, 6.45) is 0. The quantitative estimate of drug-likeness (QED) is 0.690. The van der Waals surface area contributed by atoms with E-state index in [0.717, 1.165) is 18.2 Å². The average Bonchev–Trinajstić information content (AvgIpc) is 2.81. The number of halogens is 1. The molecule has 2 N–H and O–H groups in total. The van der Waals surface area contributed by atoms with Crippen molar-refractivity contribution in [2.45, 2.75) is 32.9 Å². The molecule has 8 heteroatoms. The van der Waals surface area contributed by atoms with Crippen LogP contribution in [0.25, 0.3) is 11.4 Å². The zero-order chi connectivity index (χ0) is 15.8. The van der Waals surface area contributed by atoms with Crippen LogP contribution >= 0.6 is 0 Å². The summed E-state index contributed by atoms with van der Waals surface area (Å²) >= 11 is 0. The molecule has 0 saturated heterocycles. The van der Waals surface area contributed by atoms with Gasteiger partial charge in [0.1, 0.15) is 11.6 Å². The van der Waals surface area contributed by atoms with Gasteiger partial charge in [-0.15, -0.1) is 10.2 Å². The highest BCUT2D eigenvalue weighted by molar-refractivity contribution is 5.68. The van der Waals surface area contributed by atoms with E-state index in [4.69, 9.17) is 5.73 Å². The molecule has 21 heavy (non-hydrogen) atoms. The van der Waals surface area contributed by atoms with Gasteiger partial charge in [-0.05, 0) is 32.9 Å². The molecular weight excluding hydrogens is 277 g/mol. The lowest BCUT2D eigenvalue weighted by Crippen LogP contribution is -2.26. The Kier molecular flexibility index (Phi) is 3.73. The molecule has 0 unspecified atom stereocenters. The van der Waals surface area contributed by atoms with Crippen molar-refractivity contribution in [1.29, 1.82) is 0 Å². The zero-order valence-corrected chi connectivity index (χ0v) is 12.0. The van der Waals surface area contributed by atoms with Crippen molar-refractivity contribution in [3.8, 4) is 11.4 Å². The molecule has 1 aromatic heterocycles. The van der Waals surface area contributed by atoms with Gasteiger partial charge in [-0.25, -0.2) is 4.39 Å². The van der Waals surface area contributed by atoms with Gasteiger partial charge in [0.2, 0.25) is 0 Å². The highest BCUT2D eigenvalue weighted by Gasteiger charge is 2.27. The van der Waals surface area contributed by atoms with Crippen LogP contribution in [0, 0.1) is 15.9 Å². The molecule has 0 aliphatic rings. The van der Waals surface area contributed by atoms with Crippen molar-refractivity contribution in [3.63, 3.8) is 0 Å². The van der Waals surface area contributed by atoms with Gasteiger partial charge in [0.05, 0.1) is 17.0 Å². The van der Waals surface area contributed by atoms with Crippen LogP contribution in [0.5, 0.6) is 0 Å². The maximum absolute atomic E-state index is 13.5. The first-order chi connectivity index (χ1) is 9.75. The van der Waals surface area contributed by atoms with Crippen LogP contribution in [0.3, 0.4) is 0 Å². The summed E-state index contributed by atoms with van der Waals surface area (Å²) < 4.78 is 15.2. The monoisotopic (exact) mass is 293 g/mol. The maximum atomic E-state index is 13.5. The molecule has 2 aromatic rings. The van der Waals surface area contributed by atoms with Gasteiger partial charge in [0, 0.05) is 11.6 Å². The van der Waals surface area contributed by atoms with E-state index >= 15 is 0 Å². The topological polar surface area (TPSA) is 99.9 Å². The highest BCUT2D eigenvalue weighted by Crippen LogP contribution is 2.32. The number of nitrogens with zero attached hydrogens (tertiary/aromatic N) is 4. The zero-order valence-electron chi connectivity index (χ0n) is 12.0. The Labute approximate surface area is 120 Å². The first kappa shape index (κ1) is 15.0. The van der Waals surface area contributed by atoms with E-state index in [1.165, 1.54) is 0 Å². The minimum atomic E-state index is -0.576. The Balaban J connectivity index is 2.76. The van der Waals surface area contributed by atoms with E-state index in [1.807, 2.05) is 20.8 Å². The van der Waals surface area contributed by atoms with E-state index in [0.29, 0.717) is 5.82 Å². The molecule has 0 radical (unpaired) electrons. The van der Waals surface area contributed by atoms with Crippen LogP contribution in [0.4, 0.5) is 10.1 Å². The average molecular weight is 293 g/mol. The van der Waals surface area contributed by atoms with E-state index in [9.17, 15) is 14.5 Å². The first-order valence-electron chi connectivity index (χ1n) is 6.35. The van der Waals surface area contributed by atoms with Crippen LogP contribution in [0.2, 0.25) is 0 Å². The van der Waals surface area contributed by atoms with E-state index in [-0.39, 0.29) is 23.6 Å². The number of benzene rings is 1. The third-order valence-electron chi connectivity index (χ3n) is 2.98. The molecule has 1 aromatic carbocycles. The molecule has 1 heterocycles. The molecule has 112 valence electrons. The van der Waals surface area contributed by atoms with Crippen molar-refractivity contribution >= 4 is 5.69 Å². The molecule has 0 atom stereocenters. The molecule has 0 fully saturated rings. The van der Waals surface area contributed by atoms with Gasteiger partial charge in [-0.2, -0.15) is 0 Å². The van der Waals surface area contributed by atoms with E-state index in [2.05, 4.69) is 10.2 Å². The van der Waals surface area contributed by atoms with Crippen molar-refractivity contribution in [3.05, 3.63) is 40.0 Å². The second-order valence-corrected chi connectivity index (χ2v) is 5.57. The van der Waals surface area contributed by atoms with E-state index < -0.39 is 16.3 Å². The van der Waals surface area contributed by atoms with Crippen molar-refractivity contribution in [2.24, 2.45) is 5.73 Å². The summed E-state index contributed by atoms with van der Waals surface area (Å²) in [5, 5.41) is 19.1. The van der Waals surface area contributed by atoms with Crippen molar-refractivity contribution < 1.29 is 9.31 Å². The highest BCUT2D eigenvalue weighted by atomic mass is 19.1. The predicted octanol–water partition coefficient (Wildman–Crippen LogP) is 2.21. The Morgan fingerprint density at radius 1 is 1.38 bits per heavy atom. The number of nitrogens with two attached hydrogens (primary N) is 1. The van der Waals surface area contributed by atoms with Crippen molar-refractivity contribution in [1.82, 2.24) is 14.8 Å². The van der Waals surface area contributed by atoms with Gasteiger partial charge >= 0.3 is 0 Å². The second kappa shape index (κ2) is 5.21. The summed E-state index contributed by atoms with van der Waals surface area (Å²) in [5.41, 5.74) is 5.05. The minimum absolute atomic E-state index is 0.0853. The normalized spacial score (nSPS) is 11.7. The Morgan fingerprint density at radius 2 is 2.05 bits per heavy atom. The molecule has 7 nitrogen and oxygen atoms in total. The lowest BCUT2D eigenvalue weighted by Gasteiger charge is -2.24. The predicted molar refractivity (Wildman–Crippen MR) is 75.0 cm³/mol. The number of rotatable bonds is 3. The van der Waals surface area contributed by atoms with Gasteiger partial charge < -0.3 is 10.3 Å². The summed E-state index contributed by atoms with van der Waals surface area (Å²) in [5.74, 6) is 0.138.